The van der Waals surface area contributed by atoms with Crippen molar-refractivity contribution < 1.29 is 9.53 Å². The largest absolute Gasteiger partial charge is 0.496 e. The lowest BCUT2D eigenvalue weighted by molar-refractivity contribution is -0.110. The minimum atomic E-state index is -0.0822. The van der Waals surface area contributed by atoms with E-state index in [4.69, 9.17) is 4.74 Å². The van der Waals surface area contributed by atoms with Crippen LogP contribution in [0, 0.1) is 0 Å². The molecule has 0 radical (unpaired) electrons. The molecule has 3 aromatic carbocycles. The smallest absolute Gasteiger partial charge is 0.256 e. The zero-order valence-corrected chi connectivity index (χ0v) is 12.7. The Hall–Kier alpha value is -3.07. The molecule has 1 amide bonds. The summed E-state index contributed by atoms with van der Waals surface area (Å²) in [6.07, 6.45) is 1.92. The van der Waals surface area contributed by atoms with Crippen molar-refractivity contribution in [3.63, 3.8) is 0 Å². The van der Waals surface area contributed by atoms with E-state index in [1.165, 1.54) is 0 Å². The second-order valence-electron chi connectivity index (χ2n) is 5.46. The van der Waals surface area contributed by atoms with E-state index in [0.29, 0.717) is 5.57 Å². The van der Waals surface area contributed by atoms with Crippen molar-refractivity contribution in [1.82, 2.24) is 0 Å². The highest BCUT2D eigenvalue weighted by Crippen LogP contribution is 2.36. The van der Waals surface area contributed by atoms with E-state index in [1.807, 2.05) is 60.7 Å². The van der Waals surface area contributed by atoms with Gasteiger partial charge in [-0.3, -0.25) is 4.79 Å². The Morgan fingerprint density at radius 1 is 0.957 bits per heavy atom. The third kappa shape index (κ3) is 2.18. The summed E-state index contributed by atoms with van der Waals surface area (Å²) in [7, 11) is 1.65. The van der Waals surface area contributed by atoms with Crippen LogP contribution in [0.2, 0.25) is 0 Å². The Labute approximate surface area is 134 Å². The average molecular weight is 301 g/mol. The molecule has 112 valence electrons. The van der Waals surface area contributed by atoms with Crippen molar-refractivity contribution >= 4 is 34.0 Å². The van der Waals surface area contributed by atoms with Crippen LogP contribution < -0.4 is 10.1 Å². The van der Waals surface area contributed by atoms with Gasteiger partial charge in [-0.05, 0) is 29.0 Å². The summed E-state index contributed by atoms with van der Waals surface area (Å²) >= 11 is 0. The summed E-state index contributed by atoms with van der Waals surface area (Å²) in [6.45, 7) is 0. The van der Waals surface area contributed by atoms with Gasteiger partial charge in [0.1, 0.15) is 5.75 Å². The van der Waals surface area contributed by atoms with E-state index in [-0.39, 0.29) is 5.91 Å². The summed E-state index contributed by atoms with van der Waals surface area (Å²) in [6, 6.07) is 19.8. The Morgan fingerprint density at radius 3 is 2.61 bits per heavy atom. The molecule has 23 heavy (non-hydrogen) atoms. The van der Waals surface area contributed by atoms with Crippen molar-refractivity contribution in [2.75, 3.05) is 12.4 Å². The fraction of sp³-hybridized carbons (Fsp3) is 0.0500. The summed E-state index contributed by atoms with van der Waals surface area (Å²) in [5, 5.41) is 5.09. The van der Waals surface area contributed by atoms with E-state index in [9.17, 15) is 4.79 Å². The topological polar surface area (TPSA) is 38.3 Å². The highest BCUT2D eigenvalue weighted by molar-refractivity contribution is 6.35. The second-order valence-corrected chi connectivity index (χ2v) is 5.46. The molecule has 0 bridgehead atoms. The summed E-state index contributed by atoms with van der Waals surface area (Å²) < 4.78 is 5.51. The molecule has 0 saturated heterocycles. The first-order valence-electron chi connectivity index (χ1n) is 7.46. The van der Waals surface area contributed by atoms with Gasteiger partial charge in [-0.15, -0.1) is 0 Å². The van der Waals surface area contributed by atoms with E-state index in [2.05, 4.69) is 11.4 Å². The van der Waals surface area contributed by atoms with Crippen LogP contribution in [0.1, 0.15) is 11.1 Å². The van der Waals surface area contributed by atoms with Gasteiger partial charge in [0.25, 0.3) is 5.91 Å². The molecule has 0 saturated carbocycles. The third-order valence-electron chi connectivity index (χ3n) is 4.15. The SMILES string of the molecule is COc1ccc2ccccc2c1C=C1C(=O)Nc2ccccc21. The first-order chi connectivity index (χ1) is 11.3. The number of benzene rings is 3. The number of hydrogen-bond donors (Lipinski definition) is 1. The Kier molecular flexibility index (Phi) is 3.12. The number of carbonyl (C=O) groups is 1. The number of nitrogens with one attached hydrogen (secondary N) is 1. The van der Waals surface area contributed by atoms with Crippen LogP contribution in [-0.4, -0.2) is 13.0 Å². The number of methoxy groups -OCH3 is 1. The minimum Gasteiger partial charge on any atom is -0.496 e. The van der Waals surface area contributed by atoms with Gasteiger partial charge in [-0.2, -0.15) is 0 Å². The monoisotopic (exact) mass is 301 g/mol. The first kappa shape index (κ1) is 13.6. The van der Waals surface area contributed by atoms with Crippen LogP contribution in [0.15, 0.2) is 60.7 Å². The lowest BCUT2D eigenvalue weighted by atomic mass is 9.99. The fourth-order valence-electron chi connectivity index (χ4n) is 3.03. The van der Waals surface area contributed by atoms with Crippen molar-refractivity contribution in [2.24, 2.45) is 0 Å². The molecule has 1 aliphatic heterocycles. The predicted molar refractivity (Wildman–Crippen MR) is 93.4 cm³/mol. The van der Waals surface area contributed by atoms with E-state index < -0.39 is 0 Å². The standard InChI is InChI=1S/C20H15NO2/c1-23-19-11-10-13-6-2-3-7-14(13)16(19)12-17-15-8-4-5-9-18(15)21-20(17)22/h2-12H,1H3,(H,21,22). The molecular weight excluding hydrogens is 286 g/mol. The van der Waals surface area contributed by atoms with Crippen LogP contribution in [0.3, 0.4) is 0 Å². The Balaban J connectivity index is 1.98. The Morgan fingerprint density at radius 2 is 1.74 bits per heavy atom. The van der Waals surface area contributed by atoms with Crippen molar-refractivity contribution in [2.45, 2.75) is 0 Å². The highest BCUT2D eigenvalue weighted by atomic mass is 16.5. The van der Waals surface area contributed by atoms with Gasteiger partial charge in [-0.25, -0.2) is 0 Å². The number of hydrogen-bond acceptors (Lipinski definition) is 2. The molecule has 0 unspecified atom stereocenters. The van der Waals surface area contributed by atoms with Gasteiger partial charge in [0, 0.05) is 22.4 Å². The predicted octanol–water partition coefficient (Wildman–Crippen LogP) is 4.34. The maximum absolute atomic E-state index is 12.4. The van der Waals surface area contributed by atoms with Gasteiger partial charge in [0.05, 0.1) is 7.11 Å². The molecule has 0 fully saturated rings. The van der Waals surface area contributed by atoms with Crippen LogP contribution >= 0.6 is 0 Å². The number of anilines is 1. The van der Waals surface area contributed by atoms with Gasteiger partial charge in [0.15, 0.2) is 0 Å². The van der Waals surface area contributed by atoms with Crippen LogP contribution in [-0.2, 0) is 4.79 Å². The molecule has 1 heterocycles. The maximum Gasteiger partial charge on any atom is 0.256 e. The van der Waals surface area contributed by atoms with Crippen molar-refractivity contribution in [3.05, 3.63) is 71.8 Å². The summed E-state index contributed by atoms with van der Waals surface area (Å²) in [4.78, 5) is 12.4. The molecule has 3 aromatic rings. The number of amides is 1. The zero-order valence-electron chi connectivity index (χ0n) is 12.7. The van der Waals surface area contributed by atoms with Crippen LogP contribution in [0.5, 0.6) is 5.75 Å². The molecule has 4 rings (SSSR count). The van der Waals surface area contributed by atoms with Crippen LogP contribution in [0.25, 0.3) is 22.4 Å². The number of rotatable bonds is 2. The molecular formula is C20H15NO2. The van der Waals surface area contributed by atoms with Gasteiger partial charge in [0.2, 0.25) is 0 Å². The van der Waals surface area contributed by atoms with Crippen molar-refractivity contribution in [1.29, 1.82) is 0 Å². The number of ether oxygens (including phenoxy) is 1. The number of para-hydroxylation sites is 1. The molecule has 3 heteroatoms. The maximum atomic E-state index is 12.4. The lowest BCUT2D eigenvalue weighted by Gasteiger charge is -2.09. The van der Waals surface area contributed by atoms with Crippen molar-refractivity contribution in [3.8, 4) is 5.75 Å². The first-order valence-corrected chi connectivity index (χ1v) is 7.46. The highest BCUT2D eigenvalue weighted by Gasteiger charge is 2.24. The van der Waals surface area contributed by atoms with Crippen LogP contribution in [0.4, 0.5) is 5.69 Å². The third-order valence-corrected chi connectivity index (χ3v) is 4.15. The number of carbonyl (C=O) groups excluding carboxylic acids is 1. The normalized spacial score (nSPS) is 14.8. The van der Waals surface area contributed by atoms with E-state index >= 15 is 0 Å². The summed E-state index contributed by atoms with van der Waals surface area (Å²) in [5.74, 6) is 0.676. The summed E-state index contributed by atoms with van der Waals surface area (Å²) in [5.41, 5.74) is 3.36. The fourth-order valence-corrected chi connectivity index (χ4v) is 3.03. The molecule has 0 spiro atoms. The second kappa shape index (κ2) is 5.29. The zero-order chi connectivity index (χ0) is 15.8. The van der Waals surface area contributed by atoms with E-state index in [0.717, 1.165) is 33.3 Å². The molecule has 0 aliphatic carbocycles. The molecule has 1 N–H and O–H groups in total. The molecule has 0 aromatic heterocycles. The quantitative estimate of drug-likeness (QED) is 0.715. The van der Waals surface area contributed by atoms with Gasteiger partial charge in [-0.1, -0.05) is 48.5 Å². The van der Waals surface area contributed by atoms with E-state index in [1.54, 1.807) is 7.11 Å². The minimum absolute atomic E-state index is 0.0822. The average Bonchev–Trinajstić information content (AvgIpc) is 2.91. The Bertz CT molecular complexity index is 957. The van der Waals surface area contributed by atoms with Gasteiger partial charge >= 0.3 is 0 Å². The molecule has 0 atom stereocenters. The van der Waals surface area contributed by atoms with Gasteiger partial charge < -0.3 is 10.1 Å². The molecule has 1 aliphatic rings. The molecule has 3 nitrogen and oxygen atoms in total. The number of fused-ring (bicyclic) bond motifs is 2. The lowest BCUT2D eigenvalue weighted by Crippen LogP contribution is -2.03.